The first kappa shape index (κ1) is 12.1. The van der Waals surface area contributed by atoms with Crippen LogP contribution in [0.4, 0.5) is 5.69 Å². The average Bonchev–Trinajstić information content (AvgIpc) is 2.26. The number of nitrogens with zero attached hydrogens (tertiary/aromatic N) is 1. The molecule has 0 spiro atoms. The van der Waals surface area contributed by atoms with E-state index in [1.54, 1.807) is 11.8 Å². The van der Waals surface area contributed by atoms with Crippen molar-refractivity contribution in [1.82, 2.24) is 0 Å². The lowest BCUT2D eigenvalue weighted by Gasteiger charge is -2.17. The molecule has 0 saturated carbocycles. The van der Waals surface area contributed by atoms with E-state index >= 15 is 0 Å². The van der Waals surface area contributed by atoms with Gasteiger partial charge in [-0.25, -0.2) is 0 Å². The van der Waals surface area contributed by atoms with Crippen LogP contribution in [0.2, 0.25) is 0 Å². The predicted octanol–water partition coefficient (Wildman–Crippen LogP) is 1.37. The van der Waals surface area contributed by atoms with E-state index in [1.807, 2.05) is 32.3 Å². The van der Waals surface area contributed by atoms with Crippen molar-refractivity contribution in [2.24, 2.45) is 5.73 Å². The quantitative estimate of drug-likeness (QED) is 0.606. The molecule has 0 aliphatic carbocycles. The summed E-state index contributed by atoms with van der Waals surface area (Å²) in [6.45, 7) is 0. The van der Waals surface area contributed by atoms with Crippen LogP contribution in [0.25, 0.3) is 0 Å². The highest BCUT2D eigenvalue weighted by Crippen LogP contribution is 2.28. The third-order valence-electron chi connectivity index (χ3n) is 1.95. The lowest BCUT2D eigenvalue weighted by molar-refractivity contribution is -0.108. The molecule has 1 aromatic rings. The summed E-state index contributed by atoms with van der Waals surface area (Å²) in [4.78, 5) is 13.6. The number of anilines is 1. The van der Waals surface area contributed by atoms with E-state index in [4.69, 9.17) is 5.73 Å². The van der Waals surface area contributed by atoms with Crippen LogP contribution < -0.4 is 10.6 Å². The van der Waals surface area contributed by atoms with E-state index < -0.39 is 0 Å². The molecule has 0 unspecified atom stereocenters. The van der Waals surface area contributed by atoms with Crippen molar-refractivity contribution in [3.05, 3.63) is 24.3 Å². The summed E-state index contributed by atoms with van der Waals surface area (Å²) in [5.41, 5.74) is 6.70. The lowest BCUT2D eigenvalue weighted by Crippen LogP contribution is -2.24. The van der Waals surface area contributed by atoms with Crippen LogP contribution in [0.15, 0.2) is 29.2 Å². The van der Waals surface area contributed by atoms with Gasteiger partial charge in [0.15, 0.2) is 0 Å². The second-order valence-electron chi connectivity index (χ2n) is 3.47. The number of aldehydes is 1. The minimum atomic E-state index is -0.384. The third kappa shape index (κ3) is 3.57. The molecule has 4 heteroatoms. The molecule has 1 rings (SSSR count). The molecule has 0 aromatic heterocycles. The minimum Gasteiger partial charge on any atom is -0.377 e. The second-order valence-corrected chi connectivity index (χ2v) is 4.53. The number of thioether (sulfide) groups is 1. The molecular weight excluding hydrogens is 208 g/mol. The summed E-state index contributed by atoms with van der Waals surface area (Å²) >= 11 is 1.61. The SMILES string of the molecule is CN(C)c1ccccc1SC[C@H](N)C=O. The average molecular weight is 224 g/mol. The van der Waals surface area contributed by atoms with Gasteiger partial charge in [0.1, 0.15) is 6.29 Å². The highest BCUT2D eigenvalue weighted by atomic mass is 32.2. The van der Waals surface area contributed by atoms with E-state index in [2.05, 4.69) is 11.0 Å². The van der Waals surface area contributed by atoms with Gasteiger partial charge in [-0.05, 0) is 12.1 Å². The fraction of sp³-hybridized carbons (Fsp3) is 0.364. The summed E-state index contributed by atoms with van der Waals surface area (Å²) in [6, 6.07) is 7.69. The number of carbonyl (C=O) groups is 1. The standard InChI is InChI=1S/C11H16N2OS/c1-13(2)10-5-3-4-6-11(10)15-8-9(12)7-14/h3-7,9H,8,12H2,1-2H3/t9-/m1/s1. The monoisotopic (exact) mass is 224 g/mol. The van der Waals surface area contributed by atoms with E-state index in [-0.39, 0.29) is 6.04 Å². The zero-order chi connectivity index (χ0) is 11.3. The largest absolute Gasteiger partial charge is 0.377 e. The Hall–Kier alpha value is -1.00. The molecule has 0 fully saturated rings. The first-order chi connectivity index (χ1) is 7.15. The van der Waals surface area contributed by atoms with Gasteiger partial charge in [0.05, 0.1) is 6.04 Å². The van der Waals surface area contributed by atoms with Crippen LogP contribution in [-0.4, -0.2) is 32.2 Å². The Morgan fingerprint density at radius 1 is 1.47 bits per heavy atom. The van der Waals surface area contributed by atoms with Gasteiger partial charge in [-0.15, -0.1) is 11.8 Å². The highest BCUT2D eigenvalue weighted by molar-refractivity contribution is 7.99. The molecular formula is C11H16N2OS. The molecule has 0 aliphatic heterocycles. The fourth-order valence-corrected chi connectivity index (χ4v) is 2.20. The van der Waals surface area contributed by atoms with Crippen LogP contribution in [-0.2, 0) is 4.79 Å². The van der Waals surface area contributed by atoms with Crippen LogP contribution >= 0.6 is 11.8 Å². The number of carbonyl (C=O) groups excluding carboxylic acids is 1. The molecule has 1 atom stereocenters. The molecule has 82 valence electrons. The summed E-state index contributed by atoms with van der Waals surface area (Å²) in [7, 11) is 4.00. The molecule has 15 heavy (non-hydrogen) atoms. The molecule has 0 bridgehead atoms. The van der Waals surface area contributed by atoms with Gasteiger partial charge in [0.25, 0.3) is 0 Å². The molecule has 1 aromatic carbocycles. The van der Waals surface area contributed by atoms with Gasteiger partial charge in [0.2, 0.25) is 0 Å². The topological polar surface area (TPSA) is 46.3 Å². The van der Waals surface area contributed by atoms with Crippen molar-refractivity contribution < 1.29 is 4.79 Å². The Labute approximate surface area is 94.6 Å². The number of para-hydroxylation sites is 1. The van der Waals surface area contributed by atoms with Crippen LogP contribution in [0, 0.1) is 0 Å². The third-order valence-corrected chi connectivity index (χ3v) is 3.16. The molecule has 0 heterocycles. The fourth-order valence-electron chi connectivity index (χ4n) is 1.17. The van der Waals surface area contributed by atoms with E-state index in [0.29, 0.717) is 5.75 Å². The summed E-state index contributed by atoms with van der Waals surface area (Å²) in [5.74, 6) is 0.619. The zero-order valence-electron chi connectivity index (χ0n) is 9.01. The van der Waals surface area contributed by atoms with Gasteiger partial charge in [-0.2, -0.15) is 0 Å². The number of hydrogen-bond donors (Lipinski definition) is 1. The second kappa shape index (κ2) is 5.78. The van der Waals surface area contributed by atoms with E-state index in [9.17, 15) is 4.79 Å². The molecule has 0 aliphatic rings. The van der Waals surface area contributed by atoms with Crippen LogP contribution in [0.1, 0.15) is 0 Å². The summed E-state index contributed by atoms with van der Waals surface area (Å²) < 4.78 is 0. The Morgan fingerprint density at radius 2 is 2.13 bits per heavy atom. The first-order valence-corrected chi connectivity index (χ1v) is 5.73. The zero-order valence-corrected chi connectivity index (χ0v) is 9.83. The minimum absolute atomic E-state index is 0.384. The van der Waals surface area contributed by atoms with Gasteiger partial charge >= 0.3 is 0 Å². The van der Waals surface area contributed by atoms with Crippen molar-refractivity contribution in [3.8, 4) is 0 Å². The van der Waals surface area contributed by atoms with Gasteiger partial charge < -0.3 is 15.4 Å². The van der Waals surface area contributed by atoms with Crippen molar-refractivity contribution >= 4 is 23.7 Å². The Morgan fingerprint density at radius 3 is 2.73 bits per heavy atom. The number of rotatable bonds is 5. The van der Waals surface area contributed by atoms with Crippen LogP contribution in [0.5, 0.6) is 0 Å². The smallest absolute Gasteiger partial charge is 0.137 e. The van der Waals surface area contributed by atoms with E-state index in [1.165, 1.54) is 0 Å². The number of nitrogens with two attached hydrogens (primary N) is 1. The maximum Gasteiger partial charge on any atom is 0.137 e. The van der Waals surface area contributed by atoms with Gasteiger partial charge in [-0.1, -0.05) is 12.1 Å². The Bertz CT molecular complexity index is 328. The Kier molecular flexibility index (Phi) is 4.65. The van der Waals surface area contributed by atoms with Crippen molar-refractivity contribution in [3.63, 3.8) is 0 Å². The van der Waals surface area contributed by atoms with Crippen molar-refractivity contribution in [2.75, 3.05) is 24.7 Å². The highest BCUT2D eigenvalue weighted by Gasteiger charge is 2.06. The van der Waals surface area contributed by atoms with Gasteiger partial charge in [0, 0.05) is 30.4 Å². The number of benzene rings is 1. The molecule has 3 nitrogen and oxygen atoms in total. The van der Waals surface area contributed by atoms with Gasteiger partial charge in [-0.3, -0.25) is 0 Å². The first-order valence-electron chi connectivity index (χ1n) is 4.75. The molecule has 0 amide bonds. The van der Waals surface area contributed by atoms with Crippen LogP contribution in [0.3, 0.4) is 0 Å². The van der Waals surface area contributed by atoms with E-state index in [0.717, 1.165) is 16.9 Å². The molecule has 0 radical (unpaired) electrons. The van der Waals surface area contributed by atoms with Crippen molar-refractivity contribution in [1.29, 1.82) is 0 Å². The summed E-state index contributed by atoms with van der Waals surface area (Å²) in [5, 5.41) is 0. The number of hydrogen-bond acceptors (Lipinski definition) is 4. The van der Waals surface area contributed by atoms with Crippen molar-refractivity contribution in [2.45, 2.75) is 10.9 Å². The predicted molar refractivity (Wildman–Crippen MR) is 65.5 cm³/mol. The summed E-state index contributed by atoms with van der Waals surface area (Å²) in [6.07, 6.45) is 0.783. The molecule has 0 saturated heterocycles. The molecule has 2 N–H and O–H groups in total. The Balaban J connectivity index is 2.71. The maximum atomic E-state index is 10.4. The normalized spacial score (nSPS) is 12.2. The maximum absolute atomic E-state index is 10.4. The lowest BCUT2D eigenvalue weighted by atomic mass is 10.3.